The summed E-state index contributed by atoms with van der Waals surface area (Å²) in [6.07, 6.45) is 6.10. The van der Waals surface area contributed by atoms with Crippen LogP contribution >= 0.6 is 0 Å². The van der Waals surface area contributed by atoms with Crippen molar-refractivity contribution in [3.05, 3.63) is 41.3 Å². The Kier molecular flexibility index (Phi) is 5.68. The predicted octanol–water partition coefficient (Wildman–Crippen LogP) is 3.02. The monoisotopic (exact) mass is 341 g/mol. The van der Waals surface area contributed by atoms with E-state index in [1.165, 1.54) is 12.1 Å². The Morgan fingerprint density at radius 2 is 2.00 bits per heavy atom. The molecule has 1 aliphatic heterocycles. The minimum atomic E-state index is 0.118. The Balaban J connectivity index is 1.51. The molecule has 6 heteroatoms. The van der Waals surface area contributed by atoms with Crippen molar-refractivity contribution in [2.24, 2.45) is 0 Å². The molecule has 1 N–H and O–H groups in total. The van der Waals surface area contributed by atoms with Gasteiger partial charge in [-0.05, 0) is 57.7 Å². The van der Waals surface area contributed by atoms with Gasteiger partial charge in [0, 0.05) is 43.6 Å². The fourth-order valence-corrected chi connectivity index (χ4v) is 3.29. The lowest BCUT2D eigenvalue weighted by atomic mass is 10.1. The van der Waals surface area contributed by atoms with E-state index in [9.17, 15) is 4.79 Å². The largest absolute Gasteiger partial charge is 0.370 e. The number of carbonyl (C=O) groups is 1. The van der Waals surface area contributed by atoms with E-state index in [1.807, 2.05) is 22.6 Å². The van der Waals surface area contributed by atoms with E-state index < -0.39 is 0 Å². The van der Waals surface area contributed by atoms with Crippen molar-refractivity contribution in [3.8, 4) is 0 Å². The molecule has 0 atom stereocenters. The van der Waals surface area contributed by atoms with Crippen LogP contribution < -0.4 is 5.32 Å². The number of piperidine rings is 1. The van der Waals surface area contributed by atoms with Crippen LogP contribution in [0.3, 0.4) is 0 Å². The molecule has 1 saturated heterocycles. The minimum Gasteiger partial charge on any atom is -0.370 e. The van der Waals surface area contributed by atoms with Crippen molar-refractivity contribution in [2.45, 2.75) is 46.1 Å². The summed E-state index contributed by atoms with van der Waals surface area (Å²) in [6, 6.07) is 5.75. The van der Waals surface area contributed by atoms with E-state index in [0.29, 0.717) is 0 Å². The number of aryl methyl sites for hydroxylation is 3. The summed E-state index contributed by atoms with van der Waals surface area (Å²) in [7, 11) is 0. The van der Waals surface area contributed by atoms with Crippen molar-refractivity contribution in [1.29, 1.82) is 0 Å². The number of nitrogens with zero attached hydrogens (tertiary/aromatic N) is 4. The zero-order chi connectivity index (χ0) is 17.6. The number of hydrogen-bond acceptors (Lipinski definition) is 4. The van der Waals surface area contributed by atoms with Gasteiger partial charge in [-0.3, -0.25) is 9.48 Å². The molecule has 0 saturated carbocycles. The summed E-state index contributed by atoms with van der Waals surface area (Å²) >= 11 is 0. The second-order valence-electron chi connectivity index (χ2n) is 6.71. The van der Waals surface area contributed by atoms with Crippen LogP contribution in [0.15, 0.2) is 24.4 Å². The van der Waals surface area contributed by atoms with Crippen LogP contribution in [0, 0.1) is 13.8 Å². The number of aromatic nitrogens is 3. The molecule has 134 valence electrons. The zero-order valence-corrected chi connectivity index (χ0v) is 15.2. The van der Waals surface area contributed by atoms with Gasteiger partial charge in [0.15, 0.2) is 0 Å². The molecule has 0 aliphatic carbocycles. The summed E-state index contributed by atoms with van der Waals surface area (Å²) in [5, 5.41) is 7.78. The van der Waals surface area contributed by atoms with Crippen molar-refractivity contribution in [3.63, 3.8) is 0 Å². The molecule has 2 aromatic heterocycles. The quantitative estimate of drug-likeness (QED) is 0.821. The van der Waals surface area contributed by atoms with Crippen LogP contribution in [0.1, 0.15) is 47.4 Å². The lowest BCUT2D eigenvalue weighted by molar-refractivity contribution is 0.0724. The van der Waals surface area contributed by atoms with Gasteiger partial charge in [0.1, 0.15) is 5.82 Å². The van der Waals surface area contributed by atoms with E-state index in [2.05, 4.69) is 28.4 Å². The van der Waals surface area contributed by atoms with E-state index >= 15 is 0 Å². The number of carbonyl (C=O) groups excluding carboxylic acids is 1. The molecule has 1 fully saturated rings. The average molecular weight is 341 g/mol. The van der Waals surface area contributed by atoms with Gasteiger partial charge in [0.25, 0.3) is 5.91 Å². The molecule has 3 heterocycles. The van der Waals surface area contributed by atoms with Gasteiger partial charge in [-0.1, -0.05) is 0 Å². The summed E-state index contributed by atoms with van der Waals surface area (Å²) in [5.74, 6) is 0.879. The average Bonchev–Trinajstić information content (AvgIpc) is 2.96. The standard InChI is InChI=1S/C19H27N5O/c1-15-13-16(2)24(22-15)12-6-8-20-18-14-17(7-9-21-18)19(25)23-10-4-3-5-11-23/h7,9,13-14H,3-6,8,10-12H2,1-2H3,(H,20,21). The van der Waals surface area contributed by atoms with E-state index in [0.717, 1.165) is 62.5 Å². The van der Waals surface area contributed by atoms with Crippen molar-refractivity contribution in [1.82, 2.24) is 19.7 Å². The molecule has 0 spiro atoms. The number of pyridine rings is 1. The van der Waals surface area contributed by atoms with Crippen molar-refractivity contribution >= 4 is 11.7 Å². The third-order valence-corrected chi connectivity index (χ3v) is 4.61. The maximum Gasteiger partial charge on any atom is 0.254 e. The van der Waals surface area contributed by atoms with E-state index in [1.54, 1.807) is 12.3 Å². The molecule has 0 unspecified atom stereocenters. The van der Waals surface area contributed by atoms with Gasteiger partial charge in [0.2, 0.25) is 0 Å². The molecule has 0 radical (unpaired) electrons. The maximum atomic E-state index is 12.6. The predicted molar refractivity (Wildman–Crippen MR) is 98.8 cm³/mol. The van der Waals surface area contributed by atoms with E-state index in [-0.39, 0.29) is 5.91 Å². The smallest absolute Gasteiger partial charge is 0.254 e. The van der Waals surface area contributed by atoms with Crippen LogP contribution in [-0.2, 0) is 6.54 Å². The molecule has 6 nitrogen and oxygen atoms in total. The highest BCUT2D eigenvalue weighted by Gasteiger charge is 2.18. The molecule has 0 aromatic carbocycles. The second kappa shape index (κ2) is 8.14. The molecule has 1 aliphatic rings. The normalized spacial score (nSPS) is 14.6. The summed E-state index contributed by atoms with van der Waals surface area (Å²) in [5.41, 5.74) is 2.96. The highest BCUT2D eigenvalue weighted by Crippen LogP contribution is 2.15. The first-order valence-corrected chi connectivity index (χ1v) is 9.14. The molecule has 1 amide bonds. The Labute approximate surface area is 149 Å². The molecular formula is C19H27N5O. The van der Waals surface area contributed by atoms with Crippen LogP contribution in [0.4, 0.5) is 5.82 Å². The number of rotatable bonds is 6. The first-order chi connectivity index (χ1) is 12.1. The van der Waals surface area contributed by atoms with E-state index in [4.69, 9.17) is 0 Å². The van der Waals surface area contributed by atoms with Crippen LogP contribution in [0.2, 0.25) is 0 Å². The summed E-state index contributed by atoms with van der Waals surface area (Å²) in [4.78, 5) is 18.8. The van der Waals surface area contributed by atoms with Gasteiger partial charge in [0.05, 0.1) is 5.69 Å². The molecule has 0 bridgehead atoms. The Hall–Kier alpha value is -2.37. The molecular weight excluding hydrogens is 314 g/mol. The Bertz CT molecular complexity index is 718. The summed E-state index contributed by atoms with van der Waals surface area (Å²) < 4.78 is 2.03. The first kappa shape index (κ1) is 17.5. The highest BCUT2D eigenvalue weighted by atomic mass is 16.2. The topological polar surface area (TPSA) is 63.1 Å². The van der Waals surface area contributed by atoms with Crippen molar-refractivity contribution in [2.75, 3.05) is 25.0 Å². The number of nitrogens with one attached hydrogen (secondary N) is 1. The molecule has 3 rings (SSSR count). The van der Waals surface area contributed by atoms with Crippen LogP contribution in [0.5, 0.6) is 0 Å². The summed E-state index contributed by atoms with van der Waals surface area (Å²) in [6.45, 7) is 7.49. The zero-order valence-electron chi connectivity index (χ0n) is 15.2. The molecule has 25 heavy (non-hydrogen) atoms. The van der Waals surface area contributed by atoms with Gasteiger partial charge in [-0.2, -0.15) is 5.10 Å². The third-order valence-electron chi connectivity index (χ3n) is 4.61. The Morgan fingerprint density at radius 3 is 2.72 bits per heavy atom. The van der Waals surface area contributed by atoms with Crippen LogP contribution in [0.25, 0.3) is 0 Å². The third kappa shape index (κ3) is 4.59. The Morgan fingerprint density at radius 1 is 1.20 bits per heavy atom. The minimum absolute atomic E-state index is 0.118. The lowest BCUT2D eigenvalue weighted by Gasteiger charge is -2.26. The SMILES string of the molecule is Cc1cc(C)n(CCCNc2cc(C(=O)N3CCCCC3)ccn2)n1. The second-order valence-corrected chi connectivity index (χ2v) is 6.71. The van der Waals surface area contributed by atoms with Crippen LogP contribution in [-0.4, -0.2) is 45.2 Å². The van der Waals surface area contributed by atoms with Crippen molar-refractivity contribution < 1.29 is 4.79 Å². The molecule has 2 aromatic rings. The van der Waals surface area contributed by atoms with Gasteiger partial charge in [-0.15, -0.1) is 0 Å². The number of anilines is 1. The maximum absolute atomic E-state index is 12.6. The fourth-order valence-electron chi connectivity index (χ4n) is 3.29. The number of hydrogen-bond donors (Lipinski definition) is 1. The first-order valence-electron chi connectivity index (χ1n) is 9.14. The van der Waals surface area contributed by atoms with Gasteiger partial charge in [-0.25, -0.2) is 4.98 Å². The fraction of sp³-hybridized carbons (Fsp3) is 0.526. The van der Waals surface area contributed by atoms with Gasteiger partial charge >= 0.3 is 0 Å². The highest BCUT2D eigenvalue weighted by molar-refractivity contribution is 5.94. The van der Waals surface area contributed by atoms with Gasteiger partial charge < -0.3 is 10.2 Å². The lowest BCUT2D eigenvalue weighted by Crippen LogP contribution is -2.35. The number of likely N-dealkylation sites (tertiary alicyclic amines) is 1. The number of amides is 1.